The van der Waals surface area contributed by atoms with Gasteiger partial charge in [0.2, 0.25) is 0 Å². The average Bonchev–Trinajstić information content (AvgIpc) is 1.70. The van der Waals surface area contributed by atoms with Gasteiger partial charge in [-0.1, -0.05) is 220 Å². The third-order valence-corrected chi connectivity index (χ3v) is 14.0. The van der Waals surface area contributed by atoms with Gasteiger partial charge >= 0.3 is 0 Å². The van der Waals surface area contributed by atoms with Crippen molar-refractivity contribution in [2.45, 2.75) is 166 Å². The predicted molar refractivity (Wildman–Crippen MR) is 487 cm³/mol. The van der Waals surface area contributed by atoms with Crippen LogP contribution in [0.5, 0.6) is 0 Å². The summed E-state index contributed by atoms with van der Waals surface area (Å²) in [7, 11) is 0. The molecule has 21 heteroatoms. The number of fused-ring (bicyclic) bond motifs is 3. The number of aromatic nitrogens is 15. The minimum atomic E-state index is -0.206. The molecule has 15 rings (SSSR count). The zero-order chi connectivity index (χ0) is 87.1. The summed E-state index contributed by atoms with van der Waals surface area (Å²) < 4.78 is 11.0. The van der Waals surface area contributed by atoms with Gasteiger partial charge in [-0.3, -0.25) is 33.2 Å². The van der Waals surface area contributed by atoms with Gasteiger partial charge in [0.1, 0.15) is 17.1 Å². The first kappa shape index (κ1) is 101. The minimum Gasteiger partial charge on any atom is -0.322 e. The van der Waals surface area contributed by atoms with E-state index >= 15 is 0 Å². The topological polar surface area (TPSA) is 231 Å². The molecule has 6 aromatic carbocycles. The molecule has 0 bridgehead atoms. The van der Waals surface area contributed by atoms with Crippen molar-refractivity contribution in [1.82, 2.24) is 72.0 Å². The second kappa shape index (κ2) is 61.5. The van der Waals surface area contributed by atoms with E-state index in [0.717, 1.165) is 62.1 Å². The molecule has 0 aliphatic rings. The largest absolute Gasteiger partial charge is 0.322 e. The van der Waals surface area contributed by atoms with Crippen molar-refractivity contribution in [3.8, 4) is 52.6 Å². The van der Waals surface area contributed by atoms with Crippen LogP contribution in [0.15, 0.2) is 276 Å². The first-order valence-electron chi connectivity index (χ1n) is 40.7. The van der Waals surface area contributed by atoms with Crippen LogP contribution in [-0.2, 0) is 0 Å². The molecule has 9 heterocycles. The molecular weight excluding hydrogens is 1450 g/mol. The van der Waals surface area contributed by atoms with Crippen LogP contribution >= 0.6 is 0 Å². The number of imidazole rings is 6. The molecule has 9 aromatic heterocycles. The van der Waals surface area contributed by atoms with Crippen molar-refractivity contribution in [2.24, 2.45) is 0 Å². The highest BCUT2D eigenvalue weighted by atomic mass is 16.2. The molecule has 0 aliphatic carbocycles. The number of hydrogen-bond acceptors (Lipinski definition) is 12. The summed E-state index contributed by atoms with van der Waals surface area (Å²) in [5.74, 6) is 18.0. The van der Waals surface area contributed by atoms with Gasteiger partial charge in [0, 0.05) is 136 Å². The van der Waals surface area contributed by atoms with E-state index in [-0.39, 0.29) is 17.7 Å². The smallest absolute Gasteiger partial charge is 0.255 e. The van der Waals surface area contributed by atoms with Crippen LogP contribution in [0.2, 0.25) is 0 Å². The Bertz CT molecular complexity index is 4860. The maximum Gasteiger partial charge on any atom is 0.255 e. The average molecular weight is 1570 g/mol. The number of benzene rings is 6. The molecule has 0 atom stereocenters. The Labute approximate surface area is 695 Å². The molecule has 612 valence electrons. The first-order valence-corrected chi connectivity index (χ1v) is 40.7. The standard InChI is InChI=1S/3C24H16N6O.12C2H6/c31-24(28-20-6-2-7-21(15-20)29-13-12-25-17-29)19-5-1-4-18(14-19)9-10-22-16-26-23-8-3-11-27-30(22)23;2*31-24(28-20-5-2-6-21(14-20)29-11-9-26-17-29)19-4-1-3-18(13-19)7-8-22-15-27-23-16-25-10-12-30(22)23;12*1-2/h1-8,11-17H,(H,28,31);2*1-6,9-17H,(H,28,31);12*1-2H3. The van der Waals surface area contributed by atoms with Crippen LogP contribution in [0.3, 0.4) is 0 Å². The van der Waals surface area contributed by atoms with E-state index in [1.54, 1.807) is 128 Å². The molecular formula is C96H120N18O3. The highest BCUT2D eigenvalue weighted by Crippen LogP contribution is 2.20. The Morgan fingerprint density at radius 1 is 0.282 bits per heavy atom. The first-order chi connectivity index (χ1) is 57.8. The number of nitrogens with one attached hydrogen (secondary N) is 3. The van der Waals surface area contributed by atoms with E-state index in [2.05, 4.69) is 96.4 Å². The molecule has 0 saturated heterocycles. The second-order valence-electron chi connectivity index (χ2n) is 20.2. The fourth-order valence-electron chi connectivity index (χ4n) is 9.49. The number of nitrogens with zero attached hydrogens (tertiary/aromatic N) is 15. The molecule has 3 N–H and O–H groups in total. The molecule has 0 fully saturated rings. The van der Waals surface area contributed by atoms with Gasteiger partial charge < -0.3 is 29.7 Å². The van der Waals surface area contributed by atoms with Crippen molar-refractivity contribution < 1.29 is 14.4 Å². The Balaban J connectivity index is 0.000000775. The van der Waals surface area contributed by atoms with Gasteiger partial charge in [-0.15, -0.1) is 0 Å². The van der Waals surface area contributed by atoms with E-state index in [4.69, 9.17) is 0 Å². The number of rotatable bonds is 9. The lowest BCUT2D eigenvalue weighted by molar-refractivity contribution is 0.101. The number of anilines is 3. The summed E-state index contributed by atoms with van der Waals surface area (Å²) in [4.78, 5) is 71.4. The van der Waals surface area contributed by atoms with Gasteiger partial charge in [0.25, 0.3) is 17.7 Å². The lowest BCUT2D eigenvalue weighted by Crippen LogP contribution is -2.12. The normalized spacial score (nSPS) is 8.92. The van der Waals surface area contributed by atoms with Gasteiger partial charge in [-0.25, -0.2) is 34.4 Å². The maximum absolute atomic E-state index is 12.8. The third-order valence-electron chi connectivity index (χ3n) is 14.0. The number of amides is 3. The fourth-order valence-corrected chi connectivity index (χ4v) is 9.49. The van der Waals surface area contributed by atoms with E-state index in [0.29, 0.717) is 39.4 Å². The van der Waals surface area contributed by atoms with Gasteiger partial charge in [-0.2, -0.15) is 5.10 Å². The quantitative estimate of drug-likeness (QED) is 0.115. The highest BCUT2D eigenvalue weighted by Gasteiger charge is 2.12. The molecule has 0 aliphatic heterocycles. The molecule has 0 unspecified atom stereocenters. The molecule has 117 heavy (non-hydrogen) atoms. The summed E-state index contributed by atoms with van der Waals surface area (Å²) >= 11 is 0. The Kier molecular flexibility index (Phi) is 53.0. The zero-order valence-corrected chi connectivity index (χ0v) is 72.9. The van der Waals surface area contributed by atoms with Crippen molar-refractivity contribution in [2.75, 3.05) is 16.0 Å². The van der Waals surface area contributed by atoms with E-state index < -0.39 is 0 Å². The van der Waals surface area contributed by atoms with Crippen LogP contribution in [0.4, 0.5) is 17.1 Å². The summed E-state index contributed by atoms with van der Waals surface area (Å²) in [6.07, 6.45) is 32.9. The molecule has 0 saturated carbocycles. The van der Waals surface area contributed by atoms with E-state index in [1.807, 2.05) is 341 Å². The molecule has 0 spiro atoms. The Hall–Kier alpha value is -14.1. The van der Waals surface area contributed by atoms with Crippen LogP contribution in [0.1, 0.15) is 231 Å². The molecule has 21 nitrogen and oxygen atoms in total. The predicted octanol–water partition coefficient (Wildman–Crippen LogP) is 23.0. The van der Waals surface area contributed by atoms with Crippen molar-refractivity contribution in [1.29, 1.82) is 0 Å². The minimum absolute atomic E-state index is 0.202. The summed E-state index contributed by atoms with van der Waals surface area (Å²) in [5.41, 5.74) is 13.0. The van der Waals surface area contributed by atoms with Gasteiger partial charge in [0.15, 0.2) is 16.9 Å². The van der Waals surface area contributed by atoms with Crippen LogP contribution in [0.25, 0.3) is 34.0 Å². The fraction of sp³-hybridized carbons (Fsp3) is 0.250. The van der Waals surface area contributed by atoms with Crippen LogP contribution in [0, 0.1) is 35.5 Å². The van der Waals surface area contributed by atoms with E-state index in [9.17, 15) is 14.4 Å². The maximum atomic E-state index is 12.8. The number of carbonyl (C=O) groups is 3. The van der Waals surface area contributed by atoms with E-state index in [1.165, 1.54) is 0 Å². The van der Waals surface area contributed by atoms with Gasteiger partial charge in [0.05, 0.1) is 50.0 Å². The SMILES string of the molecule is CC.CC.CC.CC.CC.CC.CC.CC.CC.CC.CC.CC.O=C(Nc1cccc(-n2ccnc2)c1)c1cccc(C#Cc2cnc3cccnn23)c1.O=C(Nc1cccc(-n2ccnc2)c1)c1cccc(C#Cc2cnc3cnccn23)c1.O=C(Nc1cccc(-n2ccnc2)c1)c1cccc(C#Cc2cnc3cnccn23)c1. The van der Waals surface area contributed by atoms with Crippen molar-refractivity contribution in [3.05, 3.63) is 326 Å². The summed E-state index contributed by atoms with van der Waals surface area (Å²) in [6, 6.07) is 48.1. The Morgan fingerprint density at radius 2 is 0.581 bits per heavy atom. The van der Waals surface area contributed by atoms with Crippen LogP contribution in [-0.4, -0.2) is 89.7 Å². The van der Waals surface area contributed by atoms with Crippen LogP contribution < -0.4 is 16.0 Å². The molecule has 0 radical (unpaired) electrons. The zero-order valence-electron chi connectivity index (χ0n) is 72.9. The highest BCUT2D eigenvalue weighted by molar-refractivity contribution is 6.06. The molecule has 3 amide bonds. The van der Waals surface area contributed by atoms with Gasteiger partial charge in [-0.05, 0) is 139 Å². The van der Waals surface area contributed by atoms with Crippen molar-refractivity contribution in [3.63, 3.8) is 0 Å². The number of hydrogen-bond donors (Lipinski definition) is 3. The van der Waals surface area contributed by atoms with Crippen molar-refractivity contribution >= 4 is 51.7 Å². The number of carbonyl (C=O) groups excluding carboxylic acids is 3. The lowest BCUT2D eigenvalue weighted by atomic mass is 10.1. The second-order valence-corrected chi connectivity index (χ2v) is 20.2. The summed E-state index contributed by atoms with van der Waals surface area (Å²) in [5, 5.41) is 13.1. The molecule has 15 aromatic rings. The third kappa shape index (κ3) is 32.1. The lowest BCUT2D eigenvalue weighted by Gasteiger charge is -2.08. The monoisotopic (exact) mass is 1570 g/mol. The Morgan fingerprint density at radius 3 is 0.906 bits per heavy atom. The summed E-state index contributed by atoms with van der Waals surface area (Å²) in [6.45, 7) is 48.0.